The number of aryl methyl sites for hydroxylation is 1. The minimum Gasteiger partial charge on any atom is -0.369 e. The van der Waals surface area contributed by atoms with Crippen LogP contribution < -0.4 is 11.0 Å². The van der Waals surface area contributed by atoms with Crippen molar-refractivity contribution >= 4 is 11.5 Å². The first-order valence-electron chi connectivity index (χ1n) is 6.26. The van der Waals surface area contributed by atoms with Crippen LogP contribution in [0.15, 0.2) is 10.9 Å². The minimum atomic E-state index is -0.243. The molecule has 2 aromatic rings. The van der Waals surface area contributed by atoms with Crippen molar-refractivity contribution in [1.29, 1.82) is 0 Å². The summed E-state index contributed by atoms with van der Waals surface area (Å²) in [6.07, 6.45) is 3.85. The lowest BCUT2D eigenvalue weighted by molar-refractivity contribution is 0.180. The number of aromatic nitrogens is 4. The van der Waals surface area contributed by atoms with Crippen LogP contribution >= 0.6 is 0 Å². The van der Waals surface area contributed by atoms with Gasteiger partial charge in [0.25, 0.3) is 0 Å². The standard InChI is InChI=1S/C12H17N5O/c1-8-14-9(13-7-12(2)4-3-5-12)6-10-15-16-11(18)17(8)10/h6,13H,3-5,7H2,1-2H3,(H,16,18). The van der Waals surface area contributed by atoms with Crippen LogP contribution in [0.25, 0.3) is 5.65 Å². The molecule has 0 aliphatic heterocycles. The van der Waals surface area contributed by atoms with E-state index in [1.54, 1.807) is 13.0 Å². The molecule has 0 amide bonds. The Kier molecular flexibility index (Phi) is 2.39. The number of nitrogens with zero attached hydrogens (tertiary/aromatic N) is 3. The Balaban J connectivity index is 1.86. The minimum absolute atomic E-state index is 0.243. The van der Waals surface area contributed by atoms with Crippen molar-refractivity contribution in [2.75, 3.05) is 11.9 Å². The summed E-state index contributed by atoms with van der Waals surface area (Å²) in [5, 5.41) is 9.74. The molecule has 1 saturated carbocycles. The lowest BCUT2D eigenvalue weighted by Gasteiger charge is -2.38. The van der Waals surface area contributed by atoms with Crippen LogP contribution in [0.3, 0.4) is 0 Å². The molecule has 2 heterocycles. The summed E-state index contributed by atoms with van der Waals surface area (Å²) in [6.45, 7) is 5.01. The highest BCUT2D eigenvalue weighted by Gasteiger charge is 2.31. The largest absolute Gasteiger partial charge is 0.369 e. The number of aromatic amines is 1. The third-order valence-corrected chi connectivity index (χ3v) is 3.83. The predicted octanol–water partition coefficient (Wildman–Crippen LogP) is 1.33. The second kappa shape index (κ2) is 3.83. The number of hydrogen-bond acceptors (Lipinski definition) is 4. The first-order valence-corrected chi connectivity index (χ1v) is 6.26. The molecule has 0 radical (unpaired) electrons. The third-order valence-electron chi connectivity index (χ3n) is 3.83. The Morgan fingerprint density at radius 3 is 3.00 bits per heavy atom. The Morgan fingerprint density at radius 2 is 2.33 bits per heavy atom. The molecule has 2 N–H and O–H groups in total. The van der Waals surface area contributed by atoms with Gasteiger partial charge >= 0.3 is 5.69 Å². The third kappa shape index (κ3) is 1.77. The quantitative estimate of drug-likeness (QED) is 0.858. The summed E-state index contributed by atoms with van der Waals surface area (Å²) in [4.78, 5) is 15.9. The van der Waals surface area contributed by atoms with Gasteiger partial charge in [0.1, 0.15) is 11.6 Å². The van der Waals surface area contributed by atoms with Crippen molar-refractivity contribution in [2.24, 2.45) is 5.41 Å². The van der Waals surface area contributed by atoms with Crippen LogP contribution in [0, 0.1) is 12.3 Å². The zero-order valence-corrected chi connectivity index (χ0v) is 10.7. The molecule has 3 rings (SSSR count). The Labute approximate surface area is 104 Å². The van der Waals surface area contributed by atoms with E-state index < -0.39 is 0 Å². The number of rotatable bonds is 3. The molecular weight excluding hydrogens is 230 g/mol. The first kappa shape index (κ1) is 11.3. The topological polar surface area (TPSA) is 75.1 Å². The van der Waals surface area contributed by atoms with E-state index in [0.717, 1.165) is 12.4 Å². The van der Waals surface area contributed by atoms with Crippen molar-refractivity contribution in [3.8, 4) is 0 Å². The zero-order valence-electron chi connectivity index (χ0n) is 10.7. The van der Waals surface area contributed by atoms with E-state index in [4.69, 9.17) is 0 Å². The second-order valence-corrected chi connectivity index (χ2v) is 5.43. The Bertz CT molecular complexity index is 637. The fourth-order valence-corrected chi connectivity index (χ4v) is 2.45. The molecule has 2 aromatic heterocycles. The SMILES string of the molecule is Cc1nc(NCC2(C)CCC2)cc2n[nH]c(=O)n12. The van der Waals surface area contributed by atoms with Gasteiger partial charge in [-0.1, -0.05) is 13.3 Å². The highest BCUT2D eigenvalue weighted by atomic mass is 16.1. The van der Waals surface area contributed by atoms with E-state index >= 15 is 0 Å². The fourth-order valence-electron chi connectivity index (χ4n) is 2.45. The number of anilines is 1. The molecule has 0 atom stereocenters. The van der Waals surface area contributed by atoms with Gasteiger partial charge in [-0.2, -0.15) is 5.10 Å². The van der Waals surface area contributed by atoms with E-state index in [-0.39, 0.29) is 5.69 Å². The fraction of sp³-hybridized carbons (Fsp3) is 0.583. The lowest BCUT2D eigenvalue weighted by atomic mass is 9.70. The number of hydrogen-bond donors (Lipinski definition) is 2. The van der Waals surface area contributed by atoms with Crippen molar-refractivity contribution in [2.45, 2.75) is 33.1 Å². The molecule has 1 aliphatic rings. The highest BCUT2D eigenvalue weighted by molar-refractivity contribution is 5.49. The first-order chi connectivity index (χ1) is 8.57. The summed E-state index contributed by atoms with van der Waals surface area (Å²) >= 11 is 0. The molecule has 0 bridgehead atoms. The zero-order chi connectivity index (χ0) is 12.8. The summed E-state index contributed by atoms with van der Waals surface area (Å²) in [5.74, 6) is 1.43. The van der Waals surface area contributed by atoms with Gasteiger partial charge in [-0.25, -0.2) is 19.3 Å². The van der Waals surface area contributed by atoms with Crippen LogP contribution in [0.1, 0.15) is 32.0 Å². The Morgan fingerprint density at radius 1 is 1.56 bits per heavy atom. The van der Waals surface area contributed by atoms with Crippen molar-refractivity contribution in [3.05, 3.63) is 22.4 Å². The van der Waals surface area contributed by atoms with Gasteiger partial charge in [0.15, 0.2) is 5.65 Å². The molecule has 1 aliphatic carbocycles. The van der Waals surface area contributed by atoms with Gasteiger partial charge in [0.2, 0.25) is 0 Å². The average molecular weight is 247 g/mol. The molecule has 96 valence electrons. The summed E-state index contributed by atoms with van der Waals surface area (Å²) in [6, 6.07) is 1.80. The van der Waals surface area contributed by atoms with E-state index in [0.29, 0.717) is 16.9 Å². The van der Waals surface area contributed by atoms with Crippen molar-refractivity contribution in [3.63, 3.8) is 0 Å². The van der Waals surface area contributed by atoms with Crippen LogP contribution in [0.4, 0.5) is 5.82 Å². The van der Waals surface area contributed by atoms with Crippen molar-refractivity contribution < 1.29 is 0 Å². The van der Waals surface area contributed by atoms with Gasteiger partial charge in [0, 0.05) is 12.6 Å². The molecule has 0 spiro atoms. The summed E-state index contributed by atoms with van der Waals surface area (Å²) in [5.41, 5.74) is 0.758. The predicted molar refractivity (Wildman–Crippen MR) is 68.8 cm³/mol. The van der Waals surface area contributed by atoms with Crippen LogP contribution in [0.5, 0.6) is 0 Å². The van der Waals surface area contributed by atoms with Gasteiger partial charge in [-0.15, -0.1) is 0 Å². The molecule has 1 fully saturated rings. The van der Waals surface area contributed by atoms with Gasteiger partial charge in [-0.3, -0.25) is 0 Å². The van der Waals surface area contributed by atoms with E-state index in [2.05, 4.69) is 27.4 Å². The van der Waals surface area contributed by atoms with E-state index in [1.807, 2.05) is 0 Å². The van der Waals surface area contributed by atoms with E-state index in [9.17, 15) is 4.79 Å². The number of fused-ring (bicyclic) bond motifs is 1. The lowest BCUT2D eigenvalue weighted by Crippen LogP contribution is -2.33. The molecule has 6 heteroatoms. The van der Waals surface area contributed by atoms with Crippen LogP contribution in [-0.4, -0.2) is 26.1 Å². The van der Waals surface area contributed by atoms with Crippen molar-refractivity contribution in [1.82, 2.24) is 19.6 Å². The van der Waals surface area contributed by atoms with Gasteiger partial charge in [-0.05, 0) is 25.2 Å². The van der Waals surface area contributed by atoms with Crippen LogP contribution in [-0.2, 0) is 0 Å². The maximum atomic E-state index is 11.5. The number of nitrogens with one attached hydrogen (secondary N) is 2. The smallest absolute Gasteiger partial charge is 0.349 e. The Hall–Kier alpha value is -1.85. The molecule has 0 unspecified atom stereocenters. The molecule has 0 aromatic carbocycles. The highest BCUT2D eigenvalue weighted by Crippen LogP contribution is 2.40. The van der Waals surface area contributed by atoms with Gasteiger partial charge < -0.3 is 5.32 Å². The maximum absolute atomic E-state index is 11.5. The molecule has 0 saturated heterocycles. The van der Waals surface area contributed by atoms with E-state index in [1.165, 1.54) is 23.7 Å². The molecular formula is C12H17N5O. The second-order valence-electron chi connectivity index (χ2n) is 5.43. The monoisotopic (exact) mass is 247 g/mol. The molecule has 6 nitrogen and oxygen atoms in total. The summed E-state index contributed by atoms with van der Waals surface area (Å²) < 4.78 is 1.47. The van der Waals surface area contributed by atoms with Gasteiger partial charge in [0.05, 0.1) is 0 Å². The number of H-pyrrole nitrogens is 1. The summed E-state index contributed by atoms with van der Waals surface area (Å²) in [7, 11) is 0. The van der Waals surface area contributed by atoms with Crippen LogP contribution in [0.2, 0.25) is 0 Å². The maximum Gasteiger partial charge on any atom is 0.349 e. The molecule has 18 heavy (non-hydrogen) atoms. The normalized spacial score (nSPS) is 17.7. The average Bonchev–Trinajstić information content (AvgIpc) is 2.66.